The molecular weight excluding hydrogens is 424 g/mol. The van der Waals surface area contributed by atoms with Crippen LogP contribution in [0.1, 0.15) is 23.0 Å². The van der Waals surface area contributed by atoms with Crippen LogP contribution in [0.15, 0.2) is 59.4 Å². The molecule has 0 aliphatic carbocycles. The monoisotopic (exact) mass is 440 g/mol. The number of ether oxygens (including phenoxy) is 1. The first kappa shape index (κ1) is 20.1. The van der Waals surface area contributed by atoms with Crippen LogP contribution < -0.4 is 15.6 Å². The molecule has 0 unspecified atom stereocenters. The summed E-state index contributed by atoms with van der Waals surface area (Å²) in [4.78, 5) is 29.7. The lowest BCUT2D eigenvalue weighted by Crippen LogP contribution is -2.25. The average Bonchev–Trinajstić information content (AvgIpc) is 3.18. The Bertz CT molecular complexity index is 1270. The molecule has 0 aliphatic heterocycles. The number of benzene rings is 2. The molecule has 2 heterocycles. The number of aromatic nitrogens is 3. The Morgan fingerprint density at radius 3 is 2.70 bits per heavy atom. The standard InChI is InChI=1S/C21H17ClN4O3S/c1-2-29-15-9-7-13(8-10-15)19(28)23-12-14-11-18(27)26-21(24-14)30-20(25-26)16-5-3-4-6-17(16)22/h3-11H,2,12H2,1H3,(H,23,28). The van der Waals surface area contributed by atoms with E-state index >= 15 is 0 Å². The molecule has 0 radical (unpaired) electrons. The molecule has 0 fully saturated rings. The lowest BCUT2D eigenvalue weighted by atomic mass is 10.2. The van der Waals surface area contributed by atoms with Gasteiger partial charge >= 0.3 is 0 Å². The smallest absolute Gasteiger partial charge is 0.275 e. The summed E-state index contributed by atoms with van der Waals surface area (Å²) in [5.74, 6) is 0.440. The van der Waals surface area contributed by atoms with E-state index in [4.69, 9.17) is 16.3 Å². The van der Waals surface area contributed by atoms with E-state index in [1.165, 1.54) is 21.9 Å². The maximum Gasteiger partial charge on any atom is 0.275 e. The molecule has 4 rings (SSSR count). The molecule has 0 saturated carbocycles. The minimum Gasteiger partial charge on any atom is -0.494 e. The normalized spacial score (nSPS) is 10.9. The van der Waals surface area contributed by atoms with E-state index in [1.54, 1.807) is 30.3 Å². The number of hydrogen-bond donors (Lipinski definition) is 1. The van der Waals surface area contributed by atoms with Crippen LogP contribution in [-0.4, -0.2) is 27.1 Å². The van der Waals surface area contributed by atoms with Gasteiger partial charge in [0.05, 0.1) is 23.9 Å². The summed E-state index contributed by atoms with van der Waals surface area (Å²) in [7, 11) is 0. The van der Waals surface area contributed by atoms with Gasteiger partial charge in [0.25, 0.3) is 11.5 Å². The number of carbonyl (C=O) groups is 1. The van der Waals surface area contributed by atoms with Gasteiger partial charge in [0.1, 0.15) is 10.8 Å². The molecule has 1 N–H and O–H groups in total. The Morgan fingerprint density at radius 2 is 1.97 bits per heavy atom. The molecule has 30 heavy (non-hydrogen) atoms. The van der Waals surface area contributed by atoms with Crippen LogP contribution in [0.3, 0.4) is 0 Å². The van der Waals surface area contributed by atoms with Crippen molar-refractivity contribution in [3.05, 3.63) is 81.2 Å². The molecule has 0 atom stereocenters. The summed E-state index contributed by atoms with van der Waals surface area (Å²) in [6, 6.07) is 15.5. The lowest BCUT2D eigenvalue weighted by Gasteiger charge is -2.06. The van der Waals surface area contributed by atoms with E-state index < -0.39 is 0 Å². The fourth-order valence-electron chi connectivity index (χ4n) is 2.83. The van der Waals surface area contributed by atoms with Gasteiger partial charge in [-0.25, -0.2) is 4.98 Å². The van der Waals surface area contributed by atoms with Crippen molar-refractivity contribution in [1.29, 1.82) is 0 Å². The van der Waals surface area contributed by atoms with E-state index in [-0.39, 0.29) is 18.0 Å². The minimum absolute atomic E-state index is 0.122. The van der Waals surface area contributed by atoms with Gasteiger partial charge in [0, 0.05) is 17.2 Å². The summed E-state index contributed by atoms with van der Waals surface area (Å²) < 4.78 is 6.61. The first-order chi connectivity index (χ1) is 14.5. The highest BCUT2D eigenvalue weighted by Crippen LogP contribution is 2.30. The third kappa shape index (κ3) is 4.19. The highest BCUT2D eigenvalue weighted by molar-refractivity contribution is 7.19. The third-order valence-corrected chi connectivity index (χ3v) is 5.53. The maximum atomic E-state index is 12.5. The zero-order valence-corrected chi connectivity index (χ0v) is 17.5. The van der Waals surface area contributed by atoms with Crippen LogP contribution in [0.5, 0.6) is 5.75 Å². The SMILES string of the molecule is CCOc1ccc(C(=O)NCc2cc(=O)n3nc(-c4ccccc4Cl)sc3n2)cc1. The van der Waals surface area contributed by atoms with Crippen molar-refractivity contribution in [1.82, 2.24) is 19.9 Å². The molecule has 152 valence electrons. The molecule has 0 saturated heterocycles. The van der Waals surface area contributed by atoms with E-state index in [1.807, 2.05) is 25.1 Å². The third-order valence-electron chi connectivity index (χ3n) is 4.26. The van der Waals surface area contributed by atoms with Crippen molar-refractivity contribution in [3.63, 3.8) is 0 Å². The maximum absolute atomic E-state index is 12.5. The van der Waals surface area contributed by atoms with Gasteiger partial charge in [0.15, 0.2) is 0 Å². The van der Waals surface area contributed by atoms with Crippen LogP contribution in [0.2, 0.25) is 5.02 Å². The van der Waals surface area contributed by atoms with Gasteiger partial charge in [-0.1, -0.05) is 41.1 Å². The molecule has 9 heteroatoms. The Kier molecular flexibility index (Phi) is 5.78. The number of nitrogens with zero attached hydrogens (tertiary/aromatic N) is 3. The zero-order valence-electron chi connectivity index (χ0n) is 16.0. The van der Waals surface area contributed by atoms with Gasteiger partial charge < -0.3 is 10.1 Å². The van der Waals surface area contributed by atoms with Gasteiger partial charge in [-0.3, -0.25) is 9.59 Å². The molecule has 0 spiro atoms. The predicted molar refractivity (Wildman–Crippen MR) is 116 cm³/mol. The second-order valence-corrected chi connectivity index (χ2v) is 7.67. The van der Waals surface area contributed by atoms with E-state index in [0.29, 0.717) is 38.6 Å². The number of hydrogen-bond acceptors (Lipinski definition) is 6. The Hall–Kier alpha value is -3.23. The largest absolute Gasteiger partial charge is 0.494 e. The Morgan fingerprint density at radius 1 is 1.20 bits per heavy atom. The molecule has 7 nitrogen and oxygen atoms in total. The molecule has 1 amide bonds. The predicted octanol–water partition coefficient (Wildman–Crippen LogP) is 3.80. The van der Waals surface area contributed by atoms with Gasteiger partial charge in [0.2, 0.25) is 4.96 Å². The van der Waals surface area contributed by atoms with Crippen molar-refractivity contribution in [2.24, 2.45) is 0 Å². The van der Waals surface area contributed by atoms with Crippen molar-refractivity contribution in [2.45, 2.75) is 13.5 Å². The van der Waals surface area contributed by atoms with Crippen molar-refractivity contribution in [3.8, 4) is 16.3 Å². The summed E-state index contributed by atoms with van der Waals surface area (Å²) in [6.07, 6.45) is 0. The van der Waals surface area contributed by atoms with Crippen LogP contribution in [0.4, 0.5) is 0 Å². The fraction of sp³-hybridized carbons (Fsp3) is 0.143. The summed E-state index contributed by atoms with van der Waals surface area (Å²) in [5, 5.41) is 8.25. The van der Waals surface area contributed by atoms with Crippen LogP contribution in [-0.2, 0) is 6.54 Å². The van der Waals surface area contributed by atoms with Crippen molar-refractivity contribution < 1.29 is 9.53 Å². The number of amides is 1. The molecule has 2 aromatic heterocycles. The number of nitrogens with one attached hydrogen (secondary N) is 1. The first-order valence-electron chi connectivity index (χ1n) is 9.21. The second kappa shape index (κ2) is 8.64. The number of rotatable bonds is 6. The topological polar surface area (TPSA) is 85.6 Å². The summed E-state index contributed by atoms with van der Waals surface area (Å²) in [5.41, 5.74) is 1.36. The van der Waals surface area contributed by atoms with E-state index in [2.05, 4.69) is 15.4 Å². The number of fused-ring (bicyclic) bond motifs is 1. The van der Waals surface area contributed by atoms with E-state index in [0.717, 1.165) is 5.56 Å². The molecule has 2 aromatic carbocycles. The van der Waals surface area contributed by atoms with Crippen molar-refractivity contribution in [2.75, 3.05) is 6.61 Å². The number of halogens is 1. The Labute approximate surface area is 180 Å². The quantitative estimate of drug-likeness (QED) is 0.493. The minimum atomic E-state index is -0.320. The second-order valence-electron chi connectivity index (χ2n) is 6.31. The van der Waals surface area contributed by atoms with Gasteiger partial charge in [-0.05, 0) is 37.3 Å². The molecule has 0 bridgehead atoms. The molecular formula is C21H17ClN4O3S. The molecule has 0 aliphatic rings. The summed E-state index contributed by atoms with van der Waals surface area (Å²) >= 11 is 7.49. The van der Waals surface area contributed by atoms with Gasteiger partial charge in [-0.2, -0.15) is 9.61 Å². The first-order valence-corrected chi connectivity index (χ1v) is 10.4. The lowest BCUT2D eigenvalue weighted by molar-refractivity contribution is 0.0950. The van der Waals surface area contributed by atoms with Crippen LogP contribution >= 0.6 is 22.9 Å². The van der Waals surface area contributed by atoms with E-state index in [9.17, 15) is 9.59 Å². The zero-order chi connectivity index (χ0) is 21.1. The Balaban J connectivity index is 1.53. The highest BCUT2D eigenvalue weighted by Gasteiger charge is 2.13. The molecule has 4 aromatic rings. The van der Waals surface area contributed by atoms with Crippen molar-refractivity contribution >= 4 is 33.8 Å². The van der Waals surface area contributed by atoms with Crippen LogP contribution in [0, 0.1) is 0 Å². The highest BCUT2D eigenvalue weighted by atomic mass is 35.5. The van der Waals surface area contributed by atoms with Gasteiger partial charge in [-0.15, -0.1) is 0 Å². The van der Waals surface area contributed by atoms with Crippen LogP contribution in [0.25, 0.3) is 15.5 Å². The summed E-state index contributed by atoms with van der Waals surface area (Å²) in [6.45, 7) is 2.58. The fourth-order valence-corrected chi connectivity index (χ4v) is 4.08. The number of carbonyl (C=O) groups excluding carboxylic acids is 1. The average molecular weight is 441 g/mol.